The van der Waals surface area contributed by atoms with E-state index >= 15 is 0 Å². The lowest BCUT2D eigenvalue weighted by Crippen LogP contribution is -2.34. The molecular weight excluding hydrogens is 180 g/mol. The standard InChI is InChI=1S/C10H16N2O2/c1-7(2)6-12(3)10(14)8-4-9(13)11-5-8/h8H,1,4-6H2,2-3H3,(H,11,13). The fourth-order valence-electron chi connectivity index (χ4n) is 1.57. The predicted octanol–water partition coefficient (Wildman–Crippen LogP) is 0.157. The number of nitrogens with one attached hydrogen (secondary N) is 1. The number of carbonyl (C=O) groups is 2. The summed E-state index contributed by atoms with van der Waals surface area (Å²) in [6.45, 7) is 6.65. The molecule has 1 aliphatic rings. The van der Waals surface area contributed by atoms with E-state index in [1.165, 1.54) is 0 Å². The van der Waals surface area contributed by atoms with Crippen LogP contribution in [0.25, 0.3) is 0 Å². The van der Waals surface area contributed by atoms with Crippen molar-refractivity contribution in [3.63, 3.8) is 0 Å². The van der Waals surface area contributed by atoms with Gasteiger partial charge >= 0.3 is 0 Å². The van der Waals surface area contributed by atoms with Crippen LogP contribution in [-0.2, 0) is 9.59 Å². The van der Waals surface area contributed by atoms with Crippen LogP contribution in [-0.4, -0.2) is 36.9 Å². The van der Waals surface area contributed by atoms with Crippen LogP contribution in [0, 0.1) is 5.92 Å². The SMILES string of the molecule is C=C(C)CN(C)C(=O)C1CNC(=O)C1. The predicted molar refractivity (Wildman–Crippen MR) is 53.6 cm³/mol. The maximum atomic E-state index is 11.7. The molecule has 0 spiro atoms. The highest BCUT2D eigenvalue weighted by molar-refractivity contribution is 5.89. The average molecular weight is 196 g/mol. The fraction of sp³-hybridized carbons (Fsp3) is 0.600. The van der Waals surface area contributed by atoms with Gasteiger partial charge in [0, 0.05) is 26.6 Å². The molecule has 0 aromatic heterocycles. The third-order valence-electron chi connectivity index (χ3n) is 2.21. The molecule has 4 heteroatoms. The van der Waals surface area contributed by atoms with Gasteiger partial charge < -0.3 is 10.2 Å². The first-order chi connectivity index (χ1) is 6.50. The first-order valence-corrected chi connectivity index (χ1v) is 4.66. The average Bonchev–Trinajstić information content (AvgIpc) is 2.49. The number of rotatable bonds is 3. The molecule has 0 saturated carbocycles. The Balaban J connectivity index is 2.48. The van der Waals surface area contributed by atoms with E-state index < -0.39 is 0 Å². The largest absolute Gasteiger partial charge is 0.355 e. The van der Waals surface area contributed by atoms with Gasteiger partial charge in [-0.3, -0.25) is 9.59 Å². The Morgan fingerprint density at radius 2 is 2.36 bits per heavy atom. The van der Waals surface area contributed by atoms with Crippen molar-refractivity contribution in [2.75, 3.05) is 20.1 Å². The summed E-state index contributed by atoms with van der Waals surface area (Å²) in [5.74, 6) is -0.203. The summed E-state index contributed by atoms with van der Waals surface area (Å²) in [5, 5.41) is 2.65. The maximum absolute atomic E-state index is 11.7. The Hall–Kier alpha value is -1.32. The molecule has 4 nitrogen and oxygen atoms in total. The first-order valence-electron chi connectivity index (χ1n) is 4.66. The molecule has 14 heavy (non-hydrogen) atoms. The van der Waals surface area contributed by atoms with Gasteiger partial charge in [0.1, 0.15) is 0 Å². The fourth-order valence-corrected chi connectivity index (χ4v) is 1.57. The van der Waals surface area contributed by atoms with Crippen molar-refractivity contribution < 1.29 is 9.59 Å². The van der Waals surface area contributed by atoms with E-state index in [1.54, 1.807) is 11.9 Å². The van der Waals surface area contributed by atoms with Crippen LogP contribution in [0.4, 0.5) is 0 Å². The van der Waals surface area contributed by atoms with Crippen molar-refractivity contribution in [1.29, 1.82) is 0 Å². The first kappa shape index (κ1) is 10.8. The molecule has 1 saturated heterocycles. The molecule has 1 N–H and O–H groups in total. The molecule has 0 aromatic carbocycles. The lowest BCUT2D eigenvalue weighted by molar-refractivity contribution is -0.134. The number of hydrogen-bond acceptors (Lipinski definition) is 2. The number of nitrogens with zero attached hydrogens (tertiary/aromatic N) is 1. The quantitative estimate of drug-likeness (QED) is 0.653. The Labute approximate surface area is 84.0 Å². The van der Waals surface area contributed by atoms with Crippen LogP contribution in [0.3, 0.4) is 0 Å². The van der Waals surface area contributed by atoms with Crippen molar-refractivity contribution in [2.24, 2.45) is 5.92 Å². The van der Waals surface area contributed by atoms with E-state index in [2.05, 4.69) is 11.9 Å². The minimum atomic E-state index is -0.188. The summed E-state index contributed by atoms with van der Waals surface area (Å²) in [7, 11) is 1.74. The van der Waals surface area contributed by atoms with Crippen LogP contribution in [0.2, 0.25) is 0 Å². The Kier molecular flexibility index (Phi) is 3.28. The summed E-state index contributed by atoms with van der Waals surface area (Å²) >= 11 is 0. The van der Waals surface area contributed by atoms with E-state index in [4.69, 9.17) is 0 Å². The molecule has 0 radical (unpaired) electrons. The van der Waals surface area contributed by atoms with Crippen molar-refractivity contribution >= 4 is 11.8 Å². The molecule has 2 amide bonds. The minimum Gasteiger partial charge on any atom is -0.355 e. The van der Waals surface area contributed by atoms with Crippen molar-refractivity contribution in [2.45, 2.75) is 13.3 Å². The van der Waals surface area contributed by atoms with E-state index in [1.807, 2.05) is 6.92 Å². The van der Waals surface area contributed by atoms with Gasteiger partial charge in [0.15, 0.2) is 0 Å². The summed E-state index contributed by atoms with van der Waals surface area (Å²) in [6.07, 6.45) is 0.319. The monoisotopic (exact) mass is 196 g/mol. The number of amides is 2. The van der Waals surface area contributed by atoms with Gasteiger partial charge in [-0.25, -0.2) is 0 Å². The molecule has 0 aromatic rings. The molecule has 1 rings (SSSR count). The Bertz CT molecular complexity index is 273. The van der Waals surface area contributed by atoms with Crippen LogP contribution in [0.15, 0.2) is 12.2 Å². The Morgan fingerprint density at radius 3 is 2.79 bits per heavy atom. The van der Waals surface area contributed by atoms with Crippen LogP contribution < -0.4 is 5.32 Å². The van der Waals surface area contributed by atoms with Gasteiger partial charge in [0.05, 0.1) is 5.92 Å². The molecule has 1 unspecified atom stereocenters. The normalized spacial score (nSPS) is 20.4. The Morgan fingerprint density at radius 1 is 1.71 bits per heavy atom. The topological polar surface area (TPSA) is 49.4 Å². The molecule has 1 fully saturated rings. The molecule has 1 heterocycles. The van der Waals surface area contributed by atoms with Gasteiger partial charge in [-0.05, 0) is 6.92 Å². The van der Waals surface area contributed by atoms with Gasteiger partial charge in [0.2, 0.25) is 11.8 Å². The summed E-state index contributed by atoms with van der Waals surface area (Å²) < 4.78 is 0. The minimum absolute atomic E-state index is 0.0198. The summed E-state index contributed by atoms with van der Waals surface area (Å²) in [5.41, 5.74) is 0.943. The van der Waals surface area contributed by atoms with E-state index in [0.717, 1.165) is 5.57 Å². The van der Waals surface area contributed by atoms with Crippen LogP contribution in [0.5, 0.6) is 0 Å². The van der Waals surface area contributed by atoms with E-state index in [0.29, 0.717) is 19.5 Å². The lowest BCUT2D eigenvalue weighted by atomic mass is 10.1. The third-order valence-corrected chi connectivity index (χ3v) is 2.21. The number of likely N-dealkylation sites (N-methyl/N-ethyl adjacent to an activating group) is 1. The van der Waals surface area contributed by atoms with Gasteiger partial charge in [-0.15, -0.1) is 0 Å². The molecule has 0 bridgehead atoms. The second-order valence-corrected chi connectivity index (χ2v) is 3.86. The second kappa shape index (κ2) is 4.26. The van der Waals surface area contributed by atoms with Crippen molar-refractivity contribution in [3.8, 4) is 0 Å². The highest BCUT2D eigenvalue weighted by atomic mass is 16.2. The van der Waals surface area contributed by atoms with Crippen LogP contribution >= 0.6 is 0 Å². The molecule has 1 aliphatic heterocycles. The lowest BCUT2D eigenvalue weighted by Gasteiger charge is -2.19. The highest BCUT2D eigenvalue weighted by Crippen LogP contribution is 2.12. The molecule has 78 valence electrons. The van der Waals surface area contributed by atoms with Gasteiger partial charge in [-0.1, -0.05) is 12.2 Å². The second-order valence-electron chi connectivity index (χ2n) is 3.86. The van der Waals surface area contributed by atoms with Gasteiger partial charge in [0.25, 0.3) is 0 Å². The highest BCUT2D eigenvalue weighted by Gasteiger charge is 2.29. The van der Waals surface area contributed by atoms with Gasteiger partial charge in [-0.2, -0.15) is 0 Å². The van der Waals surface area contributed by atoms with E-state index in [9.17, 15) is 9.59 Å². The summed E-state index contributed by atoms with van der Waals surface area (Å²) in [6, 6.07) is 0. The molecular formula is C10H16N2O2. The van der Waals surface area contributed by atoms with Crippen LogP contribution in [0.1, 0.15) is 13.3 Å². The number of carbonyl (C=O) groups excluding carboxylic acids is 2. The summed E-state index contributed by atoms with van der Waals surface area (Å²) in [4.78, 5) is 24.2. The van der Waals surface area contributed by atoms with Crippen molar-refractivity contribution in [3.05, 3.63) is 12.2 Å². The van der Waals surface area contributed by atoms with E-state index in [-0.39, 0.29) is 17.7 Å². The molecule has 0 aliphatic carbocycles. The zero-order valence-electron chi connectivity index (χ0n) is 8.67. The molecule has 1 atom stereocenters. The van der Waals surface area contributed by atoms with Crippen molar-refractivity contribution in [1.82, 2.24) is 10.2 Å². The smallest absolute Gasteiger partial charge is 0.228 e. The third kappa shape index (κ3) is 2.58. The maximum Gasteiger partial charge on any atom is 0.228 e. The zero-order valence-corrected chi connectivity index (χ0v) is 8.67. The zero-order chi connectivity index (χ0) is 10.7. The number of hydrogen-bond donors (Lipinski definition) is 1.